The van der Waals surface area contributed by atoms with Gasteiger partial charge in [0, 0.05) is 25.4 Å². The molecule has 0 aliphatic carbocycles. The maximum atomic E-state index is 11.3. The minimum absolute atomic E-state index is 0.0588. The summed E-state index contributed by atoms with van der Waals surface area (Å²) in [5.41, 5.74) is 0.715. The molecule has 1 fully saturated rings. The predicted octanol–water partition coefficient (Wildman–Crippen LogP) is 0.508. The smallest absolute Gasteiger partial charge is 0.211 e. The van der Waals surface area contributed by atoms with E-state index in [1.54, 1.807) is 0 Å². The Hall–Kier alpha value is -0.620. The lowest BCUT2D eigenvalue weighted by Crippen LogP contribution is -2.43. The lowest BCUT2D eigenvalue weighted by atomic mass is 9.95. The Labute approximate surface area is 84.5 Å². The molecule has 0 aromatic carbocycles. The average molecular weight is 220 g/mol. The molecule has 82 valence electrons. The highest BCUT2D eigenvalue weighted by molar-refractivity contribution is 7.88. The van der Waals surface area contributed by atoms with E-state index in [1.807, 2.05) is 6.92 Å². The van der Waals surface area contributed by atoms with Crippen molar-refractivity contribution in [2.24, 2.45) is 11.1 Å². The lowest BCUT2D eigenvalue weighted by molar-refractivity contribution is 0.296. The second kappa shape index (κ2) is 4.27. The Morgan fingerprint density at radius 3 is 2.71 bits per heavy atom. The number of oxime groups is 1. The molecule has 1 rings (SSSR count). The van der Waals surface area contributed by atoms with E-state index < -0.39 is 10.0 Å². The molecule has 1 atom stereocenters. The highest BCUT2D eigenvalue weighted by atomic mass is 32.2. The highest BCUT2D eigenvalue weighted by Crippen LogP contribution is 2.19. The third-order valence-electron chi connectivity index (χ3n) is 2.60. The van der Waals surface area contributed by atoms with Crippen LogP contribution < -0.4 is 0 Å². The van der Waals surface area contributed by atoms with E-state index in [9.17, 15) is 8.42 Å². The van der Waals surface area contributed by atoms with Crippen molar-refractivity contribution in [3.63, 3.8) is 0 Å². The zero-order valence-electron chi connectivity index (χ0n) is 8.47. The van der Waals surface area contributed by atoms with Crippen LogP contribution in [0.3, 0.4) is 0 Å². The Morgan fingerprint density at radius 1 is 1.64 bits per heavy atom. The normalized spacial score (nSPS) is 28.1. The standard InChI is InChI=1S/C8H16N2O3S/c1-3-7-6-10(14(2,12)13)5-4-8(7)9-11/h7,11H,3-6H2,1-2H3. The fraction of sp³-hybridized carbons (Fsp3) is 0.875. The molecular weight excluding hydrogens is 204 g/mol. The molecule has 0 aromatic heterocycles. The summed E-state index contributed by atoms with van der Waals surface area (Å²) in [5.74, 6) is 0.0588. The molecular formula is C8H16N2O3S. The molecule has 0 spiro atoms. The van der Waals surface area contributed by atoms with Crippen molar-refractivity contribution in [3.05, 3.63) is 0 Å². The monoisotopic (exact) mass is 220 g/mol. The first-order chi connectivity index (χ1) is 6.49. The number of nitrogens with zero attached hydrogens (tertiary/aromatic N) is 2. The van der Waals surface area contributed by atoms with Crippen LogP contribution in [0, 0.1) is 5.92 Å². The van der Waals surface area contributed by atoms with E-state index in [0.717, 1.165) is 6.42 Å². The summed E-state index contributed by atoms with van der Waals surface area (Å²) >= 11 is 0. The van der Waals surface area contributed by atoms with Crippen LogP contribution in [-0.4, -0.2) is 43.0 Å². The first-order valence-corrected chi connectivity index (χ1v) is 6.49. The molecule has 1 saturated heterocycles. The Kier molecular flexibility index (Phi) is 3.49. The van der Waals surface area contributed by atoms with E-state index in [-0.39, 0.29) is 5.92 Å². The third kappa shape index (κ3) is 2.45. The molecule has 5 nitrogen and oxygen atoms in total. The van der Waals surface area contributed by atoms with Crippen LogP contribution in [0.1, 0.15) is 19.8 Å². The fourth-order valence-corrected chi connectivity index (χ4v) is 2.56. The predicted molar refractivity (Wildman–Crippen MR) is 54.0 cm³/mol. The van der Waals surface area contributed by atoms with Gasteiger partial charge in [0.25, 0.3) is 0 Å². The molecule has 0 saturated carbocycles. The van der Waals surface area contributed by atoms with Gasteiger partial charge in [-0.05, 0) is 6.42 Å². The second-order valence-electron chi connectivity index (χ2n) is 3.57. The quantitative estimate of drug-likeness (QED) is 0.544. The van der Waals surface area contributed by atoms with E-state index in [4.69, 9.17) is 5.21 Å². The SMILES string of the molecule is CCC1CN(S(C)(=O)=O)CCC1=NO. The molecule has 14 heavy (non-hydrogen) atoms. The molecule has 0 amide bonds. The summed E-state index contributed by atoms with van der Waals surface area (Å²) in [4.78, 5) is 0. The Balaban J connectivity index is 2.76. The Morgan fingerprint density at radius 2 is 2.29 bits per heavy atom. The Bertz CT molecular complexity index is 323. The number of rotatable bonds is 2. The summed E-state index contributed by atoms with van der Waals surface area (Å²) < 4.78 is 24.0. The largest absolute Gasteiger partial charge is 0.411 e. The van der Waals surface area contributed by atoms with E-state index >= 15 is 0 Å². The van der Waals surface area contributed by atoms with E-state index in [1.165, 1.54) is 10.6 Å². The molecule has 1 aliphatic rings. The number of piperidine rings is 1. The summed E-state index contributed by atoms with van der Waals surface area (Å²) in [5, 5.41) is 11.9. The lowest BCUT2D eigenvalue weighted by Gasteiger charge is -2.30. The molecule has 6 heteroatoms. The van der Waals surface area contributed by atoms with Gasteiger partial charge in [-0.2, -0.15) is 0 Å². The minimum Gasteiger partial charge on any atom is -0.411 e. The van der Waals surface area contributed by atoms with Gasteiger partial charge >= 0.3 is 0 Å². The van der Waals surface area contributed by atoms with Gasteiger partial charge in [-0.1, -0.05) is 12.1 Å². The highest BCUT2D eigenvalue weighted by Gasteiger charge is 2.29. The van der Waals surface area contributed by atoms with Crippen molar-refractivity contribution in [3.8, 4) is 0 Å². The van der Waals surface area contributed by atoms with Gasteiger partial charge < -0.3 is 5.21 Å². The van der Waals surface area contributed by atoms with Crippen molar-refractivity contribution >= 4 is 15.7 Å². The molecule has 1 unspecified atom stereocenters. The van der Waals surface area contributed by atoms with Crippen LogP contribution in [-0.2, 0) is 10.0 Å². The van der Waals surface area contributed by atoms with Crippen LogP contribution in [0.25, 0.3) is 0 Å². The first kappa shape index (κ1) is 11.5. The van der Waals surface area contributed by atoms with Crippen LogP contribution in [0.5, 0.6) is 0 Å². The number of sulfonamides is 1. The molecule has 0 bridgehead atoms. The van der Waals surface area contributed by atoms with Crippen molar-refractivity contribution in [2.75, 3.05) is 19.3 Å². The van der Waals surface area contributed by atoms with Gasteiger partial charge in [0.2, 0.25) is 10.0 Å². The zero-order valence-corrected chi connectivity index (χ0v) is 9.29. The van der Waals surface area contributed by atoms with Gasteiger partial charge in [-0.3, -0.25) is 0 Å². The molecule has 0 radical (unpaired) electrons. The van der Waals surface area contributed by atoms with Gasteiger partial charge in [0.05, 0.1) is 12.0 Å². The first-order valence-electron chi connectivity index (χ1n) is 4.65. The maximum absolute atomic E-state index is 11.3. The van der Waals surface area contributed by atoms with Crippen LogP contribution in [0.15, 0.2) is 5.16 Å². The minimum atomic E-state index is -3.10. The molecule has 0 aromatic rings. The summed E-state index contributed by atoms with van der Waals surface area (Å²) in [6, 6.07) is 0. The second-order valence-corrected chi connectivity index (χ2v) is 5.55. The van der Waals surface area contributed by atoms with Crippen molar-refractivity contribution < 1.29 is 13.6 Å². The zero-order chi connectivity index (χ0) is 10.8. The van der Waals surface area contributed by atoms with Crippen LogP contribution in [0.2, 0.25) is 0 Å². The fourth-order valence-electron chi connectivity index (χ4n) is 1.68. The van der Waals surface area contributed by atoms with Gasteiger partial charge in [-0.25, -0.2) is 12.7 Å². The van der Waals surface area contributed by atoms with Crippen molar-refractivity contribution in [2.45, 2.75) is 19.8 Å². The van der Waals surface area contributed by atoms with E-state index in [2.05, 4.69) is 5.16 Å². The topological polar surface area (TPSA) is 70.0 Å². The van der Waals surface area contributed by atoms with E-state index in [0.29, 0.717) is 25.2 Å². The van der Waals surface area contributed by atoms with Crippen LogP contribution in [0.4, 0.5) is 0 Å². The summed E-state index contributed by atoms with van der Waals surface area (Å²) in [7, 11) is -3.10. The number of hydrogen-bond donors (Lipinski definition) is 1. The molecule has 1 N–H and O–H groups in total. The van der Waals surface area contributed by atoms with Crippen molar-refractivity contribution in [1.29, 1.82) is 0 Å². The molecule has 1 aliphatic heterocycles. The molecule has 1 heterocycles. The van der Waals surface area contributed by atoms with Gasteiger partial charge in [0.15, 0.2) is 0 Å². The average Bonchev–Trinajstić information content (AvgIpc) is 2.15. The van der Waals surface area contributed by atoms with Crippen molar-refractivity contribution in [1.82, 2.24) is 4.31 Å². The van der Waals surface area contributed by atoms with Crippen LogP contribution >= 0.6 is 0 Å². The summed E-state index contributed by atoms with van der Waals surface area (Å²) in [6.45, 7) is 2.82. The third-order valence-corrected chi connectivity index (χ3v) is 3.87. The summed E-state index contributed by atoms with van der Waals surface area (Å²) in [6.07, 6.45) is 2.54. The van der Waals surface area contributed by atoms with Gasteiger partial charge in [-0.15, -0.1) is 0 Å². The van der Waals surface area contributed by atoms with Gasteiger partial charge in [0.1, 0.15) is 0 Å². The maximum Gasteiger partial charge on any atom is 0.211 e. The number of hydrogen-bond acceptors (Lipinski definition) is 4.